The largest absolute Gasteiger partial charge is 0.478 e. The van der Waals surface area contributed by atoms with Crippen molar-refractivity contribution in [3.63, 3.8) is 0 Å². The molecule has 9 nitrogen and oxygen atoms in total. The standard InChI is InChI=1S/C35H58O9/c1-18(9-8-10-19(2)30(41)42)21-15-25(37)34(6)20-11-12-24-32(3,4)27(44-31-29(40)28(39)23(36)17-43-31)13-14-33(24,5)22(20)16-26(38)35(21,34)7/h10,18,20-29,31,36-40H,8-9,11-17H2,1-7H3,(H,41,42)/b19-10+/t18-,20-,21-,22+,23-,24-,25-,26+,27-,28-,29-,31-,33+,34-,35-/m0/s1. The van der Waals surface area contributed by atoms with E-state index < -0.39 is 53.6 Å². The third-order valence-electron chi connectivity index (χ3n) is 14.5. The molecule has 0 amide bonds. The van der Waals surface area contributed by atoms with E-state index in [1.54, 1.807) is 13.0 Å². The van der Waals surface area contributed by atoms with Crippen molar-refractivity contribution in [2.45, 2.75) is 143 Å². The number of hydrogen-bond donors (Lipinski definition) is 6. The van der Waals surface area contributed by atoms with Gasteiger partial charge in [-0.15, -0.1) is 0 Å². The molecule has 0 aromatic heterocycles. The Labute approximate surface area is 263 Å². The van der Waals surface area contributed by atoms with Gasteiger partial charge in [0.2, 0.25) is 0 Å². The van der Waals surface area contributed by atoms with Crippen LogP contribution in [0.1, 0.15) is 99.8 Å². The lowest BCUT2D eigenvalue weighted by Gasteiger charge is -2.69. The number of hydrogen-bond acceptors (Lipinski definition) is 8. The van der Waals surface area contributed by atoms with Gasteiger partial charge in [-0.3, -0.25) is 0 Å². The molecule has 4 saturated carbocycles. The van der Waals surface area contributed by atoms with Crippen LogP contribution in [0.4, 0.5) is 0 Å². The Balaban J connectivity index is 1.36. The predicted octanol–water partition coefficient (Wildman–Crippen LogP) is 3.88. The highest BCUT2D eigenvalue weighted by Crippen LogP contribution is 2.74. The van der Waals surface area contributed by atoms with Crippen molar-refractivity contribution in [1.29, 1.82) is 0 Å². The number of rotatable bonds is 7. The highest BCUT2D eigenvalue weighted by molar-refractivity contribution is 5.85. The Kier molecular flexibility index (Phi) is 9.24. The van der Waals surface area contributed by atoms with E-state index in [9.17, 15) is 35.4 Å². The molecular formula is C35H58O9. The molecule has 5 rings (SSSR count). The molecule has 0 spiro atoms. The van der Waals surface area contributed by atoms with E-state index >= 15 is 0 Å². The molecule has 9 heteroatoms. The van der Waals surface area contributed by atoms with Gasteiger partial charge in [-0.25, -0.2) is 4.79 Å². The van der Waals surface area contributed by atoms with E-state index in [4.69, 9.17) is 9.47 Å². The Hall–Kier alpha value is -1.07. The van der Waals surface area contributed by atoms with Crippen LogP contribution in [-0.4, -0.2) is 86.1 Å². The van der Waals surface area contributed by atoms with Gasteiger partial charge in [0, 0.05) is 16.4 Å². The molecule has 5 fully saturated rings. The zero-order valence-electron chi connectivity index (χ0n) is 27.8. The molecule has 4 aliphatic carbocycles. The molecule has 15 atom stereocenters. The summed E-state index contributed by atoms with van der Waals surface area (Å²) < 4.78 is 12.0. The first-order chi connectivity index (χ1) is 20.4. The fourth-order valence-electron chi connectivity index (χ4n) is 11.6. The summed E-state index contributed by atoms with van der Waals surface area (Å²) in [6.07, 6.45) is 2.19. The Morgan fingerprint density at radius 3 is 2.25 bits per heavy atom. The lowest BCUT2D eigenvalue weighted by atomic mass is 9.37. The van der Waals surface area contributed by atoms with Crippen LogP contribution in [0.25, 0.3) is 0 Å². The molecule has 252 valence electrons. The average Bonchev–Trinajstić information content (AvgIpc) is 3.17. The van der Waals surface area contributed by atoms with Crippen molar-refractivity contribution in [3.05, 3.63) is 11.6 Å². The van der Waals surface area contributed by atoms with Crippen LogP contribution in [-0.2, 0) is 14.3 Å². The second kappa shape index (κ2) is 11.9. The molecule has 1 heterocycles. The normalized spacial score (nSPS) is 51.2. The van der Waals surface area contributed by atoms with Crippen molar-refractivity contribution in [3.8, 4) is 0 Å². The van der Waals surface area contributed by atoms with E-state index in [1.165, 1.54) is 0 Å². The fraction of sp³-hybridized carbons (Fsp3) is 0.914. The third kappa shape index (κ3) is 5.03. The molecule has 1 aliphatic heterocycles. The van der Waals surface area contributed by atoms with Crippen LogP contribution in [0.3, 0.4) is 0 Å². The minimum Gasteiger partial charge on any atom is -0.478 e. The third-order valence-corrected chi connectivity index (χ3v) is 14.5. The summed E-state index contributed by atoms with van der Waals surface area (Å²) in [5, 5.41) is 63.9. The van der Waals surface area contributed by atoms with Crippen molar-refractivity contribution in [2.24, 2.45) is 51.2 Å². The lowest BCUT2D eigenvalue weighted by molar-refractivity contribution is -0.310. The van der Waals surface area contributed by atoms with Gasteiger partial charge in [0.1, 0.15) is 18.3 Å². The van der Waals surface area contributed by atoms with Gasteiger partial charge in [-0.05, 0) is 98.7 Å². The molecule has 44 heavy (non-hydrogen) atoms. The number of carboxylic acids is 1. The first kappa shape index (κ1) is 34.3. The van der Waals surface area contributed by atoms with Crippen LogP contribution < -0.4 is 0 Å². The number of carbonyl (C=O) groups is 1. The van der Waals surface area contributed by atoms with E-state index in [0.29, 0.717) is 30.8 Å². The van der Waals surface area contributed by atoms with E-state index in [1.807, 2.05) is 0 Å². The zero-order chi connectivity index (χ0) is 32.6. The Morgan fingerprint density at radius 1 is 0.932 bits per heavy atom. The molecule has 0 aromatic rings. The van der Waals surface area contributed by atoms with Crippen molar-refractivity contribution >= 4 is 5.97 Å². The number of carboxylic acid groups (broad SMARTS) is 1. The van der Waals surface area contributed by atoms with Crippen molar-refractivity contribution in [2.75, 3.05) is 6.61 Å². The topological polar surface area (TPSA) is 157 Å². The van der Waals surface area contributed by atoms with Gasteiger partial charge >= 0.3 is 5.97 Å². The van der Waals surface area contributed by atoms with Crippen LogP contribution in [0.15, 0.2) is 11.6 Å². The van der Waals surface area contributed by atoms with Crippen LogP contribution >= 0.6 is 0 Å². The molecule has 5 aliphatic rings. The smallest absolute Gasteiger partial charge is 0.330 e. The van der Waals surface area contributed by atoms with Crippen LogP contribution in [0, 0.1) is 51.2 Å². The minimum absolute atomic E-state index is 0.0675. The summed E-state index contributed by atoms with van der Waals surface area (Å²) in [7, 11) is 0. The molecule has 0 bridgehead atoms. The average molecular weight is 623 g/mol. The summed E-state index contributed by atoms with van der Waals surface area (Å²) >= 11 is 0. The van der Waals surface area contributed by atoms with E-state index in [2.05, 4.69) is 41.5 Å². The Morgan fingerprint density at radius 2 is 1.59 bits per heavy atom. The van der Waals surface area contributed by atoms with Gasteiger partial charge in [-0.2, -0.15) is 0 Å². The first-order valence-electron chi connectivity index (χ1n) is 17.0. The molecule has 0 radical (unpaired) electrons. The lowest BCUT2D eigenvalue weighted by Crippen LogP contribution is -2.67. The predicted molar refractivity (Wildman–Crippen MR) is 164 cm³/mol. The molecule has 0 unspecified atom stereocenters. The number of aliphatic hydroxyl groups excluding tert-OH is 5. The van der Waals surface area contributed by atoms with Crippen LogP contribution in [0.2, 0.25) is 0 Å². The Bertz CT molecular complexity index is 1110. The second-order valence-electron chi connectivity index (χ2n) is 16.5. The summed E-state index contributed by atoms with van der Waals surface area (Å²) in [5.74, 6) is 0.284. The maximum atomic E-state index is 12.1. The van der Waals surface area contributed by atoms with Crippen molar-refractivity contribution in [1.82, 2.24) is 0 Å². The maximum Gasteiger partial charge on any atom is 0.330 e. The SMILES string of the molecule is C/C(=C\CC[C@H](C)[C@@H]1C[C@H](O)[C@]2(C)[C@H]3CC[C@H]4C(C)(C)[C@@H](O[C@@H]5OC[C@H](O)[C@H](O)[C@@H]5O)CC[C@]4(C)[C@@H]3C[C@@H](O)[C@]12C)C(=O)O. The number of allylic oxidation sites excluding steroid dienone is 1. The second-order valence-corrected chi connectivity index (χ2v) is 16.5. The number of fused-ring (bicyclic) bond motifs is 5. The number of aliphatic hydroxyl groups is 5. The quantitative estimate of drug-likeness (QED) is 0.183. The van der Waals surface area contributed by atoms with Crippen LogP contribution in [0.5, 0.6) is 0 Å². The summed E-state index contributed by atoms with van der Waals surface area (Å²) in [5.41, 5.74) is -0.864. The van der Waals surface area contributed by atoms with Gasteiger partial charge in [0.05, 0.1) is 24.9 Å². The maximum absolute atomic E-state index is 12.1. The summed E-state index contributed by atoms with van der Waals surface area (Å²) in [6, 6.07) is 0. The summed E-state index contributed by atoms with van der Waals surface area (Å²) in [4.78, 5) is 11.3. The van der Waals surface area contributed by atoms with Gasteiger partial charge in [0.15, 0.2) is 6.29 Å². The van der Waals surface area contributed by atoms with Gasteiger partial charge in [0.25, 0.3) is 0 Å². The first-order valence-corrected chi connectivity index (χ1v) is 17.0. The molecular weight excluding hydrogens is 564 g/mol. The molecule has 1 saturated heterocycles. The zero-order valence-corrected chi connectivity index (χ0v) is 27.8. The van der Waals surface area contributed by atoms with Gasteiger partial charge in [-0.1, -0.05) is 47.6 Å². The highest BCUT2D eigenvalue weighted by atomic mass is 16.7. The number of aliphatic carboxylic acids is 1. The molecule has 0 aromatic carbocycles. The fourth-order valence-corrected chi connectivity index (χ4v) is 11.6. The summed E-state index contributed by atoms with van der Waals surface area (Å²) in [6.45, 7) is 15.0. The van der Waals surface area contributed by atoms with Crippen molar-refractivity contribution < 1.29 is 44.9 Å². The van der Waals surface area contributed by atoms with Gasteiger partial charge < -0.3 is 40.1 Å². The molecule has 6 N–H and O–H groups in total. The monoisotopic (exact) mass is 622 g/mol. The minimum atomic E-state index is -1.32. The number of ether oxygens (including phenoxy) is 2. The van der Waals surface area contributed by atoms with E-state index in [0.717, 1.165) is 32.1 Å². The van der Waals surface area contributed by atoms with E-state index in [-0.39, 0.29) is 47.2 Å². The highest BCUT2D eigenvalue weighted by Gasteiger charge is 2.73.